The quantitative estimate of drug-likeness (QED) is 0.583. The third-order valence-corrected chi connectivity index (χ3v) is 6.24. The molecular weight excluding hydrogens is 388 g/mol. The molecule has 4 rings (SSSR count). The molecule has 1 aliphatic rings. The molecule has 162 valence electrons. The normalized spacial score (nSPS) is 16.3. The van der Waals surface area contributed by atoms with E-state index in [0.717, 1.165) is 29.0 Å². The molecule has 3 aromatic rings. The molecule has 2 aromatic carbocycles. The molecule has 0 radical (unpaired) electrons. The van der Waals surface area contributed by atoms with E-state index in [1.165, 1.54) is 5.56 Å². The number of hydrogen-bond donors (Lipinski definition) is 0. The molecule has 0 spiro atoms. The molecule has 0 N–H and O–H groups in total. The van der Waals surface area contributed by atoms with Gasteiger partial charge in [-0.15, -0.1) is 0 Å². The molecule has 31 heavy (non-hydrogen) atoms. The molecule has 1 aliphatic heterocycles. The Labute approximate surface area is 183 Å². The van der Waals surface area contributed by atoms with Crippen LogP contribution in [-0.2, 0) is 22.6 Å². The van der Waals surface area contributed by atoms with Crippen molar-refractivity contribution in [3.05, 3.63) is 59.9 Å². The summed E-state index contributed by atoms with van der Waals surface area (Å²) in [6.07, 6.45) is 1.37. The number of carbonyl (C=O) groups is 2. The van der Waals surface area contributed by atoms with Gasteiger partial charge in [0.05, 0.1) is 11.0 Å². The summed E-state index contributed by atoms with van der Waals surface area (Å²) in [5.41, 5.74) is 3.98. The molecule has 0 saturated carbocycles. The monoisotopic (exact) mass is 418 g/mol. The number of imidazole rings is 1. The first-order chi connectivity index (χ1) is 15.0. The van der Waals surface area contributed by atoms with Crippen LogP contribution in [0.5, 0.6) is 0 Å². The van der Waals surface area contributed by atoms with Gasteiger partial charge >= 0.3 is 0 Å². The second-order valence-electron chi connectivity index (χ2n) is 8.04. The van der Waals surface area contributed by atoms with E-state index in [2.05, 4.69) is 19.1 Å². The molecule has 1 fully saturated rings. The van der Waals surface area contributed by atoms with Gasteiger partial charge in [0.2, 0.25) is 11.8 Å². The van der Waals surface area contributed by atoms with E-state index in [4.69, 9.17) is 4.98 Å². The second kappa shape index (κ2) is 8.92. The molecule has 1 aromatic heterocycles. The van der Waals surface area contributed by atoms with Gasteiger partial charge in [-0.05, 0) is 50.1 Å². The van der Waals surface area contributed by atoms with Gasteiger partial charge < -0.3 is 14.4 Å². The van der Waals surface area contributed by atoms with Crippen LogP contribution >= 0.6 is 0 Å². The number of carbonyl (C=O) groups excluding carboxylic acids is 2. The summed E-state index contributed by atoms with van der Waals surface area (Å²) in [4.78, 5) is 34.3. The number of aromatic nitrogens is 2. The third kappa shape index (κ3) is 4.07. The Bertz CT molecular complexity index is 1080. The summed E-state index contributed by atoms with van der Waals surface area (Å²) in [6.45, 7) is 8.29. The molecule has 6 nitrogen and oxygen atoms in total. The lowest BCUT2D eigenvalue weighted by Gasteiger charge is -2.21. The van der Waals surface area contributed by atoms with Crippen LogP contribution in [0.4, 0.5) is 5.69 Å². The van der Waals surface area contributed by atoms with Gasteiger partial charge in [0.15, 0.2) is 0 Å². The number of likely N-dealkylation sites (N-methyl/N-ethyl adjacent to an activating group) is 1. The first-order valence-corrected chi connectivity index (χ1v) is 11.2. The number of hydrogen-bond acceptors (Lipinski definition) is 3. The molecule has 1 unspecified atom stereocenters. The number of benzene rings is 2. The number of nitrogens with zero attached hydrogens (tertiary/aromatic N) is 4. The summed E-state index contributed by atoms with van der Waals surface area (Å²) in [7, 11) is 0. The van der Waals surface area contributed by atoms with Crippen molar-refractivity contribution in [2.45, 2.75) is 46.1 Å². The average Bonchev–Trinajstić information content (AvgIpc) is 3.35. The van der Waals surface area contributed by atoms with Gasteiger partial charge in [0.25, 0.3) is 0 Å². The highest BCUT2D eigenvalue weighted by molar-refractivity contribution is 5.96. The van der Waals surface area contributed by atoms with Crippen LogP contribution in [0.15, 0.2) is 48.5 Å². The minimum Gasteiger partial charge on any atom is -0.342 e. The van der Waals surface area contributed by atoms with E-state index in [0.29, 0.717) is 26.1 Å². The number of amides is 2. The highest BCUT2D eigenvalue weighted by atomic mass is 16.2. The standard InChI is InChI=1S/C25H30N4O2/c1-4-18-11-13-20(14-12-18)28-16-19(15-23(28)30)25-26-21-9-7-8-10-22(21)29(25)17-24(31)27(5-2)6-3/h7-14,19H,4-6,15-17H2,1-3H3. The Balaban J connectivity index is 1.66. The average molecular weight is 419 g/mol. The predicted molar refractivity (Wildman–Crippen MR) is 123 cm³/mol. The fourth-order valence-corrected chi connectivity index (χ4v) is 4.43. The van der Waals surface area contributed by atoms with Crippen LogP contribution in [-0.4, -0.2) is 45.9 Å². The SMILES string of the molecule is CCc1ccc(N2CC(c3nc4ccccc4n3CC(=O)N(CC)CC)CC2=O)cc1. The van der Waals surface area contributed by atoms with E-state index in [-0.39, 0.29) is 24.3 Å². The van der Waals surface area contributed by atoms with Gasteiger partial charge in [-0.3, -0.25) is 9.59 Å². The van der Waals surface area contributed by atoms with E-state index in [1.807, 2.05) is 64.6 Å². The maximum Gasteiger partial charge on any atom is 0.242 e. The predicted octanol–water partition coefficient (Wildman–Crippen LogP) is 3.99. The zero-order valence-electron chi connectivity index (χ0n) is 18.5. The lowest BCUT2D eigenvalue weighted by Crippen LogP contribution is -2.34. The van der Waals surface area contributed by atoms with E-state index in [9.17, 15) is 9.59 Å². The maximum atomic E-state index is 12.9. The van der Waals surface area contributed by atoms with Crippen molar-refractivity contribution >= 4 is 28.5 Å². The van der Waals surface area contributed by atoms with Crippen molar-refractivity contribution in [1.29, 1.82) is 0 Å². The summed E-state index contributed by atoms with van der Waals surface area (Å²) < 4.78 is 2.01. The molecule has 0 aliphatic carbocycles. The van der Waals surface area contributed by atoms with Crippen molar-refractivity contribution in [2.24, 2.45) is 0 Å². The van der Waals surface area contributed by atoms with Crippen LogP contribution < -0.4 is 4.90 Å². The zero-order valence-corrected chi connectivity index (χ0v) is 18.5. The van der Waals surface area contributed by atoms with Crippen LogP contribution in [0, 0.1) is 0 Å². The largest absolute Gasteiger partial charge is 0.342 e. The highest BCUT2D eigenvalue weighted by Gasteiger charge is 2.35. The van der Waals surface area contributed by atoms with Crippen molar-refractivity contribution < 1.29 is 9.59 Å². The van der Waals surface area contributed by atoms with Crippen LogP contribution in [0.1, 0.15) is 44.5 Å². The van der Waals surface area contributed by atoms with Crippen LogP contribution in [0.25, 0.3) is 11.0 Å². The highest BCUT2D eigenvalue weighted by Crippen LogP contribution is 2.33. The number of aryl methyl sites for hydroxylation is 1. The molecule has 0 bridgehead atoms. The molecule has 6 heteroatoms. The minimum atomic E-state index is -0.0461. The van der Waals surface area contributed by atoms with Crippen LogP contribution in [0.3, 0.4) is 0 Å². The summed E-state index contributed by atoms with van der Waals surface area (Å²) >= 11 is 0. The number of para-hydroxylation sites is 2. The topological polar surface area (TPSA) is 58.4 Å². The Hall–Kier alpha value is -3.15. The van der Waals surface area contributed by atoms with Gasteiger partial charge in [0.1, 0.15) is 12.4 Å². The molecule has 2 amide bonds. The van der Waals surface area contributed by atoms with Crippen molar-refractivity contribution in [2.75, 3.05) is 24.5 Å². The summed E-state index contributed by atoms with van der Waals surface area (Å²) in [5, 5.41) is 0. The van der Waals surface area contributed by atoms with Gasteiger partial charge in [-0.25, -0.2) is 4.98 Å². The zero-order chi connectivity index (χ0) is 22.0. The van der Waals surface area contributed by atoms with Gasteiger partial charge in [-0.1, -0.05) is 31.2 Å². The minimum absolute atomic E-state index is 0.0461. The Kier molecular flexibility index (Phi) is 6.07. The lowest BCUT2D eigenvalue weighted by atomic mass is 10.1. The van der Waals surface area contributed by atoms with Crippen molar-refractivity contribution in [3.8, 4) is 0 Å². The second-order valence-corrected chi connectivity index (χ2v) is 8.04. The smallest absolute Gasteiger partial charge is 0.242 e. The van der Waals surface area contributed by atoms with Gasteiger partial charge in [-0.2, -0.15) is 0 Å². The first kappa shape index (κ1) is 21.1. The van der Waals surface area contributed by atoms with E-state index in [1.54, 1.807) is 0 Å². The fraction of sp³-hybridized carbons (Fsp3) is 0.400. The lowest BCUT2D eigenvalue weighted by molar-refractivity contribution is -0.131. The molecule has 2 heterocycles. The number of fused-ring (bicyclic) bond motifs is 1. The number of anilines is 1. The molecule has 1 saturated heterocycles. The Morgan fingerprint density at radius 3 is 2.45 bits per heavy atom. The fourth-order valence-electron chi connectivity index (χ4n) is 4.43. The first-order valence-electron chi connectivity index (χ1n) is 11.2. The Morgan fingerprint density at radius 1 is 1.06 bits per heavy atom. The molecule has 1 atom stereocenters. The van der Waals surface area contributed by atoms with Gasteiger partial charge in [0, 0.05) is 37.7 Å². The molecular formula is C25H30N4O2. The van der Waals surface area contributed by atoms with E-state index < -0.39 is 0 Å². The Morgan fingerprint density at radius 2 is 1.77 bits per heavy atom. The van der Waals surface area contributed by atoms with Crippen LogP contribution in [0.2, 0.25) is 0 Å². The van der Waals surface area contributed by atoms with Crippen molar-refractivity contribution in [3.63, 3.8) is 0 Å². The maximum absolute atomic E-state index is 12.9. The summed E-state index contributed by atoms with van der Waals surface area (Å²) in [6, 6.07) is 16.1. The van der Waals surface area contributed by atoms with E-state index >= 15 is 0 Å². The van der Waals surface area contributed by atoms with Crippen molar-refractivity contribution in [1.82, 2.24) is 14.5 Å². The summed E-state index contributed by atoms with van der Waals surface area (Å²) in [5.74, 6) is 0.951. The third-order valence-electron chi connectivity index (χ3n) is 6.24. The number of rotatable bonds is 7.